The highest BCUT2D eigenvalue weighted by atomic mass is 32.1. The number of aliphatic hydroxyl groups excluding tert-OH is 1. The van der Waals surface area contributed by atoms with Crippen molar-refractivity contribution in [3.05, 3.63) is 16.8 Å². The van der Waals surface area contributed by atoms with Crippen LogP contribution in [0.5, 0.6) is 0 Å². The molecule has 1 atom stereocenters. The van der Waals surface area contributed by atoms with Gasteiger partial charge >= 0.3 is 0 Å². The van der Waals surface area contributed by atoms with Gasteiger partial charge in [-0.2, -0.15) is 11.3 Å². The van der Waals surface area contributed by atoms with Crippen molar-refractivity contribution in [3.8, 4) is 0 Å². The fraction of sp³-hybridized carbons (Fsp3) is 0.643. The van der Waals surface area contributed by atoms with Crippen LogP contribution in [0.25, 0.3) is 0 Å². The van der Waals surface area contributed by atoms with Gasteiger partial charge in [-0.25, -0.2) is 0 Å². The van der Waals surface area contributed by atoms with E-state index in [1.54, 1.807) is 16.2 Å². The van der Waals surface area contributed by atoms with Crippen molar-refractivity contribution < 1.29 is 19.4 Å². The van der Waals surface area contributed by atoms with E-state index >= 15 is 0 Å². The lowest BCUT2D eigenvalue weighted by Crippen LogP contribution is -2.61. The van der Waals surface area contributed by atoms with E-state index < -0.39 is 5.60 Å². The van der Waals surface area contributed by atoms with Crippen LogP contribution < -0.4 is 4.90 Å². The summed E-state index contributed by atoms with van der Waals surface area (Å²) in [6, 6.07) is 1.95. The third-order valence-electron chi connectivity index (χ3n) is 3.91. The van der Waals surface area contributed by atoms with Crippen LogP contribution in [0.2, 0.25) is 0 Å². The maximum Gasteiger partial charge on any atom is 0.253 e. The van der Waals surface area contributed by atoms with Crippen molar-refractivity contribution in [1.82, 2.24) is 4.90 Å². The Bertz CT molecular complexity index is 481. The molecule has 0 aliphatic carbocycles. The van der Waals surface area contributed by atoms with E-state index in [4.69, 9.17) is 14.6 Å². The number of amides is 1. The first-order valence-electron chi connectivity index (χ1n) is 7.10. The summed E-state index contributed by atoms with van der Waals surface area (Å²) < 4.78 is 11.5. The average molecular weight is 312 g/mol. The predicted octanol–water partition coefficient (Wildman–Crippen LogP) is 0.175. The molecule has 0 saturated carbocycles. The largest absolute Gasteiger partial charge is 0.395 e. The molecule has 3 rings (SSSR count). The molecule has 116 valence electrons. The van der Waals surface area contributed by atoms with Gasteiger partial charge in [-0.3, -0.25) is 9.69 Å². The number of hydrogen-bond donors (Lipinski definition) is 1. The molecule has 7 heteroatoms. The molecule has 2 saturated heterocycles. The predicted molar refractivity (Wildman–Crippen MR) is 79.7 cm³/mol. The Morgan fingerprint density at radius 1 is 1.43 bits per heavy atom. The molecule has 1 spiro atoms. The molecule has 21 heavy (non-hydrogen) atoms. The average Bonchev–Trinajstić information content (AvgIpc) is 2.94. The van der Waals surface area contributed by atoms with Gasteiger partial charge in [0.1, 0.15) is 12.2 Å². The normalized spacial score (nSPS) is 28.0. The molecule has 1 N–H and O–H groups in total. The maximum atomic E-state index is 12.1. The van der Waals surface area contributed by atoms with Crippen molar-refractivity contribution in [2.75, 3.05) is 57.5 Å². The van der Waals surface area contributed by atoms with Crippen LogP contribution in [-0.2, 0) is 14.3 Å². The van der Waals surface area contributed by atoms with Gasteiger partial charge in [0.25, 0.3) is 5.91 Å². The standard InChI is InChI=1S/C14H20N2O4S/c17-4-2-15-3-5-19-11-14(9-15)10-16(13(18)7-20-14)12-1-6-21-8-12/h1,6,8,17H,2-5,7,9-11H2/t14-/m0/s1. The number of ether oxygens (including phenoxy) is 2. The quantitative estimate of drug-likeness (QED) is 0.862. The molecule has 2 aliphatic rings. The lowest BCUT2D eigenvalue weighted by molar-refractivity contribution is -0.146. The second-order valence-electron chi connectivity index (χ2n) is 5.49. The number of anilines is 1. The molecule has 0 aromatic carbocycles. The van der Waals surface area contributed by atoms with Crippen molar-refractivity contribution in [3.63, 3.8) is 0 Å². The highest BCUT2D eigenvalue weighted by molar-refractivity contribution is 7.08. The number of rotatable bonds is 3. The molecule has 3 heterocycles. The summed E-state index contributed by atoms with van der Waals surface area (Å²) in [7, 11) is 0. The first-order chi connectivity index (χ1) is 10.2. The smallest absolute Gasteiger partial charge is 0.253 e. The van der Waals surface area contributed by atoms with E-state index in [-0.39, 0.29) is 19.1 Å². The summed E-state index contributed by atoms with van der Waals surface area (Å²) in [6.07, 6.45) is 0. The van der Waals surface area contributed by atoms with E-state index in [9.17, 15) is 4.79 Å². The summed E-state index contributed by atoms with van der Waals surface area (Å²) in [4.78, 5) is 16.0. The molecule has 1 aromatic heterocycles. The number of carbonyl (C=O) groups excluding carboxylic acids is 1. The first-order valence-corrected chi connectivity index (χ1v) is 8.04. The lowest BCUT2D eigenvalue weighted by Gasteiger charge is -2.42. The van der Waals surface area contributed by atoms with Gasteiger partial charge in [0.2, 0.25) is 0 Å². The molecule has 1 amide bonds. The van der Waals surface area contributed by atoms with Crippen molar-refractivity contribution in [1.29, 1.82) is 0 Å². The Kier molecular flexibility index (Phi) is 4.56. The fourth-order valence-electron chi connectivity index (χ4n) is 2.86. The number of β-amino-alcohol motifs (C(OH)–C–C–N with tert-alkyl or cyclic N) is 1. The number of aliphatic hydroxyl groups is 1. The third kappa shape index (κ3) is 3.27. The summed E-state index contributed by atoms with van der Waals surface area (Å²) in [6.45, 7) is 3.82. The number of carbonyl (C=O) groups is 1. The molecular formula is C14H20N2O4S. The number of thiophene rings is 1. The summed E-state index contributed by atoms with van der Waals surface area (Å²) in [5.41, 5.74) is 0.409. The van der Waals surface area contributed by atoms with Gasteiger partial charge < -0.3 is 19.5 Å². The zero-order valence-electron chi connectivity index (χ0n) is 11.9. The molecule has 6 nitrogen and oxygen atoms in total. The Morgan fingerprint density at radius 3 is 3.10 bits per heavy atom. The van der Waals surface area contributed by atoms with Crippen molar-refractivity contribution >= 4 is 22.9 Å². The van der Waals surface area contributed by atoms with Gasteiger partial charge in [0, 0.05) is 25.0 Å². The van der Waals surface area contributed by atoms with Crippen LogP contribution in [0.3, 0.4) is 0 Å². The van der Waals surface area contributed by atoms with Crippen LogP contribution in [-0.4, -0.2) is 74.1 Å². The fourth-order valence-corrected chi connectivity index (χ4v) is 3.50. The SMILES string of the molecule is O=C1CO[C@]2(COCCN(CCO)C2)CN1c1ccsc1. The Morgan fingerprint density at radius 2 is 2.33 bits per heavy atom. The van der Waals surface area contributed by atoms with Gasteiger partial charge in [0.15, 0.2) is 0 Å². The number of nitrogens with zero attached hydrogens (tertiary/aromatic N) is 2. The van der Waals surface area contributed by atoms with Gasteiger partial charge in [-0.15, -0.1) is 0 Å². The zero-order chi connectivity index (χ0) is 14.7. The third-order valence-corrected chi connectivity index (χ3v) is 4.58. The Hall–Kier alpha value is -0.990. The summed E-state index contributed by atoms with van der Waals surface area (Å²) in [5, 5.41) is 13.1. The van der Waals surface area contributed by atoms with E-state index in [1.165, 1.54) is 0 Å². The zero-order valence-corrected chi connectivity index (χ0v) is 12.7. The molecule has 1 aromatic rings. The monoisotopic (exact) mass is 312 g/mol. The second kappa shape index (κ2) is 6.41. The van der Waals surface area contributed by atoms with Crippen LogP contribution >= 0.6 is 11.3 Å². The lowest BCUT2D eigenvalue weighted by atomic mass is 10.0. The minimum Gasteiger partial charge on any atom is -0.395 e. The molecule has 0 bridgehead atoms. The highest BCUT2D eigenvalue weighted by Gasteiger charge is 2.43. The molecule has 2 fully saturated rings. The number of morpholine rings is 1. The Labute approximate surface area is 127 Å². The van der Waals surface area contributed by atoms with Crippen molar-refractivity contribution in [2.24, 2.45) is 0 Å². The number of hydrogen-bond acceptors (Lipinski definition) is 6. The molecular weight excluding hydrogens is 292 g/mol. The van der Waals surface area contributed by atoms with Gasteiger partial charge in [0.05, 0.1) is 32.1 Å². The van der Waals surface area contributed by atoms with Crippen LogP contribution in [0.15, 0.2) is 16.8 Å². The minimum atomic E-state index is -0.512. The minimum absolute atomic E-state index is 0.0167. The Balaban J connectivity index is 1.78. The van der Waals surface area contributed by atoms with Crippen LogP contribution in [0.4, 0.5) is 5.69 Å². The highest BCUT2D eigenvalue weighted by Crippen LogP contribution is 2.28. The van der Waals surface area contributed by atoms with E-state index in [2.05, 4.69) is 4.90 Å². The van der Waals surface area contributed by atoms with E-state index in [1.807, 2.05) is 16.8 Å². The summed E-state index contributed by atoms with van der Waals surface area (Å²) in [5.74, 6) is -0.0167. The second-order valence-corrected chi connectivity index (χ2v) is 6.27. The van der Waals surface area contributed by atoms with Gasteiger partial charge in [-0.05, 0) is 11.4 Å². The first kappa shape index (κ1) is 14.9. The van der Waals surface area contributed by atoms with E-state index in [0.717, 1.165) is 12.2 Å². The summed E-state index contributed by atoms with van der Waals surface area (Å²) >= 11 is 1.57. The van der Waals surface area contributed by atoms with Crippen molar-refractivity contribution in [2.45, 2.75) is 5.60 Å². The molecule has 0 unspecified atom stereocenters. The van der Waals surface area contributed by atoms with E-state index in [0.29, 0.717) is 32.8 Å². The molecule has 2 aliphatic heterocycles. The van der Waals surface area contributed by atoms with Crippen LogP contribution in [0.1, 0.15) is 0 Å². The van der Waals surface area contributed by atoms with Gasteiger partial charge in [-0.1, -0.05) is 0 Å². The topological polar surface area (TPSA) is 62.2 Å². The maximum absolute atomic E-state index is 12.1. The van der Waals surface area contributed by atoms with Crippen LogP contribution in [0, 0.1) is 0 Å². The molecule has 0 radical (unpaired) electrons.